The van der Waals surface area contributed by atoms with Crippen LogP contribution in [0.3, 0.4) is 0 Å². The van der Waals surface area contributed by atoms with Gasteiger partial charge in [-0.25, -0.2) is 65.9 Å². The summed E-state index contributed by atoms with van der Waals surface area (Å²) in [6.45, 7) is 12.7. The van der Waals surface area contributed by atoms with Crippen molar-refractivity contribution in [2.24, 2.45) is 15.4 Å². The van der Waals surface area contributed by atoms with Gasteiger partial charge in [0.1, 0.15) is 25.3 Å². The van der Waals surface area contributed by atoms with Crippen LogP contribution in [0.25, 0.3) is 0 Å². The first-order valence-electron chi connectivity index (χ1n) is 17.4. The fourth-order valence-electron chi connectivity index (χ4n) is 6.54. The predicted octanol–water partition coefficient (Wildman–Crippen LogP) is 1.84. The van der Waals surface area contributed by atoms with E-state index in [-0.39, 0.29) is 43.4 Å². The zero-order valence-electron chi connectivity index (χ0n) is 31.7. The Hall–Kier alpha value is -1.44. The summed E-state index contributed by atoms with van der Waals surface area (Å²) < 4.78 is 142. The third-order valence-electron chi connectivity index (χ3n) is 9.49. The first-order chi connectivity index (χ1) is 26.0. The normalized spacial score (nSPS) is 26.1. The molecule has 3 aliphatic rings. The second-order valence-electron chi connectivity index (χ2n) is 13.7. The Labute approximate surface area is 347 Å². The Bertz CT molecular complexity index is 2360. The highest BCUT2D eigenvalue weighted by atomic mass is 32.3. The van der Waals surface area contributed by atoms with Gasteiger partial charge in [0.05, 0.1) is 15.7 Å². The molecule has 3 aromatic rings. The number of rotatable bonds is 9. The average molecular weight is 973 g/mol. The van der Waals surface area contributed by atoms with Crippen LogP contribution in [0.1, 0.15) is 95.6 Å². The molecule has 18 nitrogen and oxygen atoms in total. The predicted molar refractivity (Wildman–Crippen MR) is 220 cm³/mol. The van der Waals surface area contributed by atoms with Crippen LogP contribution in [0.5, 0.6) is 0 Å². The molecular weight excluding hydrogens is 925 g/mol. The summed E-state index contributed by atoms with van der Waals surface area (Å²) in [5.41, 5.74) is 1.57. The first kappa shape index (κ1) is 48.2. The van der Waals surface area contributed by atoms with Crippen molar-refractivity contribution < 1.29 is 50.5 Å². The van der Waals surface area contributed by atoms with Crippen LogP contribution in [0, 0.1) is 0 Å². The molecule has 27 heteroatoms. The van der Waals surface area contributed by atoms with E-state index in [9.17, 15) is 50.5 Å². The fourth-order valence-corrected chi connectivity index (χ4v) is 19.8. The Kier molecular flexibility index (Phi) is 14.8. The number of nitrogens with one attached hydrogen (secondary N) is 3. The lowest BCUT2D eigenvalue weighted by atomic mass is 10.1. The second-order valence-corrected chi connectivity index (χ2v) is 29.9. The van der Waals surface area contributed by atoms with E-state index in [1.54, 1.807) is 20.8 Å². The molecule has 0 aromatic carbocycles. The number of sulfone groups is 3. The van der Waals surface area contributed by atoms with Crippen molar-refractivity contribution in [1.29, 1.82) is 0 Å². The topological polar surface area (TPSA) is 319 Å². The van der Waals surface area contributed by atoms with E-state index in [2.05, 4.69) is 16.0 Å². The van der Waals surface area contributed by atoms with Crippen LogP contribution >= 0.6 is 34.0 Å². The molecule has 0 radical (unpaired) electrons. The quantitative estimate of drug-likeness (QED) is 0.178. The van der Waals surface area contributed by atoms with Crippen LogP contribution in [-0.4, -0.2) is 85.9 Å². The lowest BCUT2D eigenvalue weighted by Gasteiger charge is -2.27. The zero-order chi connectivity index (χ0) is 43.3. The van der Waals surface area contributed by atoms with E-state index in [0.29, 0.717) is 55.6 Å². The van der Waals surface area contributed by atoms with Gasteiger partial charge in [0, 0.05) is 34.8 Å². The van der Waals surface area contributed by atoms with Crippen molar-refractivity contribution in [1.82, 2.24) is 16.0 Å². The van der Waals surface area contributed by atoms with Crippen LogP contribution in [0.4, 0.5) is 0 Å². The average Bonchev–Trinajstić information content (AvgIpc) is 3.85. The summed E-state index contributed by atoms with van der Waals surface area (Å²) in [4.78, 5) is 0. The molecule has 6 rings (SSSR count). The molecule has 3 aliphatic heterocycles. The molecule has 2 unspecified atom stereocenters. The summed E-state index contributed by atoms with van der Waals surface area (Å²) in [6, 6.07) is 3.70. The Morgan fingerprint density at radius 3 is 0.895 bits per heavy atom. The Morgan fingerprint density at radius 1 is 0.509 bits per heavy atom. The molecule has 6 atom stereocenters. The van der Waals surface area contributed by atoms with Crippen molar-refractivity contribution >= 4 is 93.6 Å². The van der Waals surface area contributed by atoms with Gasteiger partial charge >= 0.3 is 0 Å². The summed E-state index contributed by atoms with van der Waals surface area (Å²) in [5, 5.41) is 23.2. The number of nitrogens with two attached hydrogens (primary N) is 3. The van der Waals surface area contributed by atoms with Gasteiger partial charge in [-0.05, 0) is 77.9 Å². The van der Waals surface area contributed by atoms with E-state index in [4.69, 9.17) is 15.4 Å². The minimum atomic E-state index is -3.88. The highest BCUT2D eigenvalue weighted by Crippen LogP contribution is 2.45. The maximum Gasteiger partial charge on any atom is 0.247 e. The van der Waals surface area contributed by atoms with E-state index in [0.717, 1.165) is 34.0 Å². The largest absolute Gasteiger partial charge is 0.310 e. The van der Waals surface area contributed by atoms with E-state index < -0.39 is 75.3 Å². The third-order valence-corrected chi connectivity index (χ3v) is 25.4. The molecule has 0 amide bonds. The summed E-state index contributed by atoms with van der Waals surface area (Å²) in [6.07, 6.45) is 1.30. The lowest BCUT2D eigenvalue weighted by Crippen LogP contribution is -2.33. The van der Waals surface area contributed by atoms with Crippen molar-refractivity contribution in [2.45, 2.75) is 120 Å². The molecule has 3 aromatic heterocycles. The first-order valence-corrected chi connectivity index (χ1v) is 29.2. The fraction of sp³-hybridized carbons (Fsp3) is 0.600. The minimum Gasteiger partial charge on any atom is -0.310 e. The zero-order valence-corrected chi connectivity index (χ0v) is 39.1. The number of hydrogen-bond donors (Lipinski definition) is 6. The number of fused-ring (bicyclic) bond motifs is 3. The SMILES string of the molecule is CCNC1CC(C)S(=O)(=O)c2sc(S(N)(=O)=O)cc21.CCN[C@H]1C[C@H](C)S(=O)(=O)c2sc(S(N)(=O)=O)cc21.CCN[C@H]1C[C@H](C)S(=O)(=O)c2sc(S(N)(=O)=O)cc21. The van der Waals surface area contributed by atoms with Crippen LogP contribution < -0.4 is 31.4 Å². The highest BCUT2D eigenvalue weighted by molar-refractivity contribution is 7.96. The Morgan fingerprint density at radius 2 is 0.719 bits per heavy atom. The van der Waals surface area contributed by atoms with E-state index in [1.807, 2.05) is 20.8 Å². The van der Waals surface area contributed by atoms with E-state index in [1.165, 1.54) is 18.2 Å². The van der Waals surface area contributed by atoms with Gasteiger partial charge in [0.25, 0.3) is 0 Å². The van der Waals surface area contributed by atoms with Gasteiger partial charge in [0.2, 0.25) is 30.1 Å². The maximum absolute atomic E-state index is 12.2. The summed E-state index contributed by atoms with van der Waals surface area (Å²) in [5.74, 6) is 0. The molecule has 0 saturated carbocycles. The molecule has 0 saturated heterocycles. The molecule has 57 heavy (non-hydrogen) atoms. The molecular formula is C30H48N6O12S9. The maximum atomic E-state index is 12.2. The Balaban J connectivity index is 0.000000189. The molecule has 0 bridgehead atoms. The lowest BCUT2D eigenvalue weighted by molar-refractivity contribution is 0.477. The van der Waals surface area contributed by atoms with Crippen molar-refractivity contribution in [3.63, 3.8) is 0 Å². The van der Waals surface area contributed by atoms with Gasteiger partial charge in [-0.2, -0.15) is 0 Å². The monoisotopic (exact) mass is 972 g/mol. The second kappa shape index (κ2) is 17.5. The number of sulfonamides is 3. The number of thiophene rings is 3. The van der Waals surface area contributed by atoms with Crippen molar-refractivity contribution in [2.75, 3.05) is 19.6 Å². The van der Waals surface area contributed by atoms with Crippen molar-refractivity contribution in [3.8, 4) is 0 Å². The molecule has 0 fully saturated rings. The van der Waals surface area contributed by atoms with Gasteiger partial charge < -0.3 is 16.0 Å². The molecule has 9 N–H and O–H groups in total. The van der Waals surface area contributed by atoms with Gasteiger partial charge in [-0.1, -0.05) is 20.8 Å². The van der Waals surface area contributed by atoms with E-state index >= 15 is 0 Å². The van der Waals surface area contributed by atoms with Crippen LogP contribution in [0.2, 0.25) is 0 Å². The standard InChI is InChI=1S/3C10H16N2O4S3/c3*1-3-12-8-4-6(2)18(13,14)10-7(8)5-9(17-10)19(11,15)16/h3*5-6,8,12H,3-4H2,1-2H3,(H2,11,15,16)/t2*6-,8-;/m00./s1. The third kappa shape index (κ3) is 10.2. The van der Waals surface area contributed by atoms with Crippen LogP contribution in [0.15, 0.2) is 43.5 Å². The number of primary sulfonamides is 3. The van der Waals surface area contributed by atoms with Gasteiger partial charge in [-0.15, -0.1) is 34.0 Å². The van der Waals surface area contributed by atoms with Gasteiger partial charge in [-0.3, -0.25) is 0 Å². The summed E-state index contributed by atoms with van der Waals surface area (Å²) >= 11 is 2.22. The molecule has 0 aliphatic carbocycles. The number of hydrogen-bond acceptors (Lipinski definition) is 18. The summed E-state index contributed by atoms with van der Waals surface area (Å²) in [7, 11) is -22.0. The van der Waals surface area contributed by atoms with Crippen molar-refractivity contribution in [3.05, 3.63) is 34.9 Å². The molecule has 324 valence electrons. The molecule has 6 heterocycles. The smallest absolute Gasteiger partial charge is 0.247 e. The highest BCUT2D eigenvalue weighted by Gasteiger charge is 2.41. The van der Waals surface area contributed by atoms with Crippen LogP contribution in [-0.2, 0) is 59.6 Å². The van der Waals surface area contributed by atoms with Gasteiger partial charge in [0.15, 0.2) is 29.5 Å². The molecule has 0 spiro atoms. The minimum absolute atomic E-state index is 0.0990.